The van der Waals surface area contributed by atoms with Gasteiger partial charge in [-0.05, 0) is 67.2 Å². The van der Waals surface area contributed by atoms with Gasteiger partial charge in [0.1, 0.15) is 10.6 Å². The second kappa shape index (κ2) is 14.1. The molecule has 3 aromatic carbocycles. The van der Waals surface area contributed by atoms with E-state index in [4.69, 9.17) is 13.9 Å². The number of fused-ring (bicyclic) bond motifs is 1. The van der Waals surface area contributed by atoms with E-state index < -0.39 is 27.1 Å². The topological polar surface area (TPSA) is 147 Å². The third-order valence-electron chi connectivity index (χ3n) is 7.86. The minimum atomic E-state index is -4.35. The monoisotopic (exact) mass is 689 g/mol. The number of thiazole rings is 1. The lowest BCUT2D eigenvalue weighted by atomic mass is 9.92. The Labute approximate surface area is 281 Å². The van der Waals surface area contributed by atoms with Crippen LogP contribution < -0.4 is 19.1 Å². The van der Waals surface area contributed by atoms with E-state index in [1.807, 2.05) is 31.2 Å². The van der Waals surface area contributed by atoms with Gasteiger partial charge in [0.2, 0.25) is 0 Å². The van der Waals surface area contributed by atoms with Crippen LogP contribution in [0.5, 0.6) is 5.75 Å². The molecule has 250 valence electrons. The maximum absolute atomic E-state index is 14.0. The van der Waals surface area contributed by atoms with E-state index in [9.17, 15) is 28.1 Å². The van der Waals surface area contributed by atoms with Crippen molar-refractivity contribution in [2.24, 2.45) is 4.99 Å². The molecule has 0 amide bonds. The number of hydrogen-bond donors (Lipinski definition) is 0. The number of nitro groups is 1. The van der Waals surface area contributed by atoms with Gasteiger partial charge in [-0.15, -0.1) is 0 Å². The summed E-state index contributed by atoms with van der Waals surface area (Å²) < 4.78 is 38.3. The highest BCUT2D eigenvalue weighted by Gasteiger charge is 2.34. The number of rotatable bonds is 11. The quantitative estimate of drug-likeness (QED) is 0.0845. The molecule has 5 rings (SSSR count). The van der Waals surface area contributed by atoms with Gasteiger partial charge in [0, 0.05) is 11.6 Å². The predicted octanol–water partition coefficient (Wildman–Crippen LogP) is 5.69. The van der Waals surface area contributed by atoms with Crippen molar-refractivity contribution in [3.05, 3.63) is 130 Å². The summed E-state index contributed by atoms with van der Waals surface area (Å²) in [6.07, 6.45) is 2.93. The first-order valence-electron chi connectivity index (χ1n) is 15.5. The third-order valence-corrected chi connectivity index (χ3v) is 10.1. The number of benzene rings is 3. The van der Waals surface area contributed by atoms with Crippen molar-refractivity contribution in [1.82, 2.24) is 4.57 Å². The number of aryl methyl sites for hydroxylation is 1. The number of esters is 1. The van der Waals surface area contributed by atoms with Crippen molar-refractivity contribution in [3.8, 4) is 5.75 Å². The van der Waals surface area contributed by atoms with Gasteiger partial charge in [-0.1, -0.05) is 81.0 Å². The summed E-state index contributed by atoms with van der Waals surface area (Å²) in [4.78, 5) is 43.0. The van der Waals surface area contributed by atoms with E-state index >= 15 is 0 Å². The summed E-state index contributed by atoms with van der Waals surface area (Å²) in [5.74, 6) is -0.217. The normalized spacial score (nSPS) is 14.9. The van der Waals surface area contributed by atoms with Crippen LogP contribution in [0.25, 0.3) is 6.08 Å². The van der Waals surface area contributed by atoms with Gasteiger partial charge in [-0.25, -0.2) is 9.79 Å². The van der Waals surface area contributed by atoms with E-state index in [-0.39, 0.29) is 28.5 Å². The third kappa shape index (κ3) is 7.02. The van der Waals surface area contributed by atoms with Gasteiger partial charge in [-0.3, -0.25) is 19.5 Å². The highest BCUT2D eigenvalue weighted by Crippen LogP contribution is 2.33. The van der Waals surface area contributed by atoms with E-state index in [1.165, 1.54) is 47.1 Å². The average molecular weight is 690 g/mol. The first kappa shape index (κ1) is 34.5. The Bertz CT molecular complexity index is 2200. The molecule has 1 aliphatic heterocycles. The lowest BCUT2D eigenvalue weighted by molar-refractivity contribution is -0.385. The number of hydrogen-bond acceptors (Lipinski definition) is 10. The first-order valence-corrected chi connectivity index (χ1v) is 17.7. The molecule has 0 radical (unpaired) electrons. The standard InChI is InChI=1S/C35H35N3O8S2/c1-6-8-28-31(34(40)45-7-2)32(25-14-12-24(13-15-25)21(3)4)37-33(39)30(47-35(37)36-28)19-23-10-16-26(17-11-23)46-48(43,44)27-18-9-22(5)29(20-27)38(41)42/h9-21,32H,6-8H2,1-5H3/b30-19-/t32-/m0/s1. The molecule has 13 heteroatoms. The minimum absolute atomic E-state index is 0.00929. The van der Waals surface area contributed by atoms with Gasteiger partial charge in [0.15, 0.2) is 4.80 Å². The molecule has 0 fully saturated rings. The zero-order valence-corrected chi connectivity index (χ0v) is 28.8. The fourth-order valence-corrected chi connectivity index (χ4v) is 7.36. The summed E-state index contributed by atoms with van der Waals surface area (Å²) >= 11 is 1.20. The van der Waals surface area contributed by atoms with Crippen molar-refractivity contribution in [2.45, 2.75) is 64.3 Å². The van der Waals surface area contributed by atoms with Gasteiger partial charge >= 0.3 is 16.1 Å². The van der Waals surface area contributed by atoms with Gasteiger partial charge in [-0.2, -0.15) is 8.42 Å². The molecule has 11 nitrogen and oxygen atoms in total. The van der Waals surface area contributed by atoms with Crippen LogP contribution in [-0.4, -0.2) is 30.5 Å². The van der Waals surface area contributed by atoms with Crippen LogP contribution in [0, 0.1) is 17.0 Å². The Hall–Kier alpha value is -4.88. The van der Waals surface area contributed by atoms with E-state index in [0.717, 1.165) is 23.6 Å². The summed E-state index contributed by atoms with van der Waals surface area (Å²) in [5, 5.41) is 11.3. The summed E-state index contributed by atoms with van der Waals surface area (Å²) in [7, 11) is -4.35. The molecule has 2 heterocycles. The molecule has 0 N–H and O–H groups in total. The summed E-state index contributed by atoms with van der Waals surface area (Å²) in [6, 6.07) is 16.7. The number of carbonyl (C=O) groups is 1. The Morgan fingerprint density at radius 1 is 1.08 bits per heavy atom. The second-order valence-electron chi connectivity index (χ2n) is 11.5. The molecule has 0 unspecified atom stereocenters. The molecule has 1 atom stereocenters. The number of allylic oxidation sites excluding steroid dienone is 1. The highest BCUT2D eigenvalue weighted by molar-refractivity contribution is 7.87. The summed E-state index contributed by atoms with van der Waals surface area (Å²) in [5.41, 5.74) is 3.07. The fourth-order valence-electron chi connectivity index (χ4n) is 5.39. The molecule has 48 heavy (non-hydrogen) atoms. The van der Waals surface area contributed by atoms with Crippen molar-refractivity contribution in [3.63, 3.8) is 0 Å². The lowest BCUT2D eigenvalue weighted by Gasteiger charge is -2.26. The molecule has 1 aliphatic rings. The predicted molar refractivity (Wildman–Crippen MR) is 182 cm³/mol. The van der Waals surface area contributed by atoms with Crippen LogP contribution in [0.4, 0.5) is 5.69 Å². The Morgan fingerprint density at radius 3 is 2.38 bits per heavy atom. The van der Waals surface area contributed by atoms with E-state index in [2.05, 4.69) is 13.8 Å². The van der Waals surface area contributed by atoms with Crippen molar-refractivity contribution in [2.75, 3.05) is 6.61 Å². The Balaban J connectivity index is 1.54. The van der Waals surface area contributed by atoms with E-state index in [0.29, 0.717) is 44.1 Å². The molecule has 0 saturated carbocycles. The summed E-state index contributed by atoms with van der Waals surface area (Å²) in [6.45, 7) is 9.61. The number of ether oxygens (including phenoxy) is 1. The van der Waals surface area contributed by atoms with Crippen LogP contribution >= 0.6 is 11.3 Å². The average Bonchev–Trinajstić information content (AvgIpc) is 3.35. The van der Waals surface area contributed by atoms with Crippen molar-refractivity contribution < 1.29 is 27.1 Å². The zero-order valence-electron chi connectivity index (χ0n) is 27.1. The largest absolute Gasteiger partial charge is 0.463 e. The molecule has 0 spiro atoms. The van der Waals surface area contributed by atoms with Gasteiger partial charge < -0.3 is 8.92 Å². The molecule has 1 aromatic heterocycles. The number of carbonyl (C=O) groups excluding carboxylic acids is 1. The number of nitrogens with zero attached hydrogens (tertiary/aromatic N) is 3. The molecule has 0 bridgehead atoms. The first-order chi connectivity index (χ1) is 22.8. The maximum Gasteiger partial charge on any atom is 0.339 e. The van der Waals surface area contributed by atoms with E-state index in [1.54, 1.807) is 25.1 Å². The van der Waals surface area contributed by atoms with Crippen LogP contribution in [0.1, 0.15) is 74.8 Å². The zero-order chi connectivity index (χ0) is 34.7. The fraction of sp³-hybridized carbons (Fsp3) is 0.286. The Morgan fingerprint density at radius 2 is 1.77 bits per heavy atom. The van der Waals surface area contributed by atoms with Crippen molar-refractivity contribution in [1.29, 1.82) is 0 Å². The molecular weight excluding hydrogens is 655 g/mol. The maximum atomic E-state index is 14.0. The van der Waals surface area contributed by atoms with Gasteiger partial charge in [0.25, 0.3) is 11.2 Å². The van der Waals surface area contributed by atoms with Gasteiger partial charge in [0.05, 0.1) is 33.4 Å². The van der Waals surface area contributed by atoms with Crippen LogP contribution in [0.3, 0.4) is 0 Å². The van der Waals surface area contributed by atoms with Crippen LogP contribution in [0.2, 0.25) is 0 Å². The van der Waals surface area contributed by atoms with Crippen molar-refractivity contribution >= 4 is 39.2 Å². The molecular formula is C35H35N3O8S2. The lowest BCUT2D eigenvalue weighted by Crippen LogP contribution is -2.40. The number of nitro benzene ring substituents is 1. The molecule has 4 aromatic rings. The number of aromatic nitrogens is 1. The minimum Gasteiger partial charge on any atom is -0.463 e. The Kier molecular flexibility index (Phi) is 10.1. The van der Waals surface area contributed by atoms with Crippen LogP contribution in [-0.2, 0) is 19.6 Å². The smallest absolute Gasteiger partial charge is 0.339 e. The van der Waals surface area contributed by atoms with Crippen LogP contribution in [0.15, 0.2) is 92.7 Å². The highest BCUT2D eigenvalue weighted by atomic mass is 32.2. The second-order valence-corrected chi connectivity index (χ2v) is 14.1. The molecule has 0 saturated heterocycles. The SMILES string of the molecule is CCCC1=C(C(=O)OCC)[C@H](c2ccc(C(C)C)cc2)n2c(s/c(=C\c3ccc(OS(=O)(=O)c4ccc(C)c([N+](=O)[O-])c4)cc3)c2=O)=N1. The molecule has 0 aliphatic carbocycles.